The molecule has 2 saturated heterocycles. The van der Waals surface area contributed by atoms with Crippen LogP contribution in [0.5, 0.6) is 0 Å². The van der Waals surface area contributed by atoms with Gasteiger partial charge in [-0.2, -0.15) is 0 Å². The highest BCUT2D eigenvalue weighted by molar-refractivity contribution is 4.89. The van der Waals surface area contributed by atoms with Crippen molar-refractivity contribution in [2.45, 2.75) is 32.8 Å². The van der Waals surface area contributed by atoms with E-state index in [9.17, 15) is 0 Å². The van der Waals surface area contributed by atoms with Gasteiger partial charge < -0.3 is 10.1 Å². The Labute approximate surface area is 93.2 Å². The highest BCUT2D eigenvalue weighted by Crippen LogP contribution is 2.27. The Bertz CT molecular complexity index is 222. The van der Waals surface area contributed by atoms with E-state index in [1.165, 1.54) is 26.1 Å². The van der Waals surface area contributed by atoms with Crippen molar-refractivity contribution in [2.75, 3.05) is 39.3 Å². The summed E-state index contributed by atoms with van der Waals surface area (Å²) >= 11 is 0. The highest BCUT2D eigenvalue weighted by atomic mass is 16.5. The zero-order chi connectivity index (χ0) is 10.9. The van der Waals surface area contributed by atoms with E-state index in [-0.39, 0.29) is 5.60 Å². The van der Waals surface area contributed by atoms with E-state index >= 15 is 0 Å². The van der Waals surface area contributed by atoms with E-state index in [1.807, 2.05) is 0 Å². The Hall–Kier alpha value is -0.120. The minimum atomic E-state index is 0.0423. The van der Waals surface area contributed by atoms with Crippen LogP contribution >= 0.6 is 0 Å². The number of nitrogens with zero attached hydrogens (tertiary/aromatic N) is 1. The monoisotopic (exact) mass is 212 g/mol. The molecule has 1 N–H and O–H groups in total. The first kappa shape index (κ1) is 11.4. The molecule has 2 rings (SSSR count). The van der Waals surface area contributed by atoms with Crippen LogP contribution in [0.1, 0.15) is 27.2 Å². The van der Waals surface area contributed by atoms with Crippen LogP contribution in [0.4, 0.5) is 0 Å². The zero-order valence-electron chi connectivity index (χ0n) is 10.3. The van der Waals surface area contributed by atoms with Gasteiger partial charge in [0.2, 0.25) is 0 Å². The van der Waals surface area contributed by atoms with Crippen LogP contribution < -0.4 is 5.32 Å². The summed E-state index contributed by atoms with van der Waals surface area (Å²) in [5.41, 5.74) is 0.522. The van der Waals surface area contributed by atoms with Crippen LogP contribution in [-0.4, -0.2) is 49.8 Å². The maximum Gasteiger partial charge on any atom is 0.0753 e. The summed E-state index contributed by atoms with van der Waals surface area (Å²) in [6.45, 7) is 13.4. The molecular weight excluding hydrogens is 188 g/mol. The van der Waals surface area contributed by atoms with E-state index in [2.05, 4.69) is 31.0 Å². The molecule has 2 aliphatic rings. The summed E-state index contributed by atoms with van der Waals surface area (Å²) in [5.74, 6) is 0. The Kier molecular flexibility index (Phi) is 3.06. The van der Waals surface area contributed by atoms with E-state index < -0.39 is 0 Å². The third-order valence-corrected chi connectivity index (χ3v) is 3.57. The molecule has 0 radical (unpaired) electrons. The second-order valence-corrected chi connectivity index (χ2v) is 6.06. The van der Waals surface area contributed by atoms with Crippen LogP contribution in [0.3, 0.4) is 0 Å². The Morgan fingerprint density at radius 1 is 1.33 bits per heavy atom. The summed E-state index contributed by atoms with van der Waals surface area (Å²) in [5, 5.41) is 3.47. The molecule has 3 heteroatoms. The van der Waals surface area contributed by atoms with E-state index in [0.29, 0.717) is 5.41 Å². The van der Waals surface area contributed by atoms with Gasteiger partial charge in [0.1, 0.15) is 0 Å². The van der Waals surface area contributed by atoms with E-state index in [0.717, 1.165) is 19.7 Å². The highest BCUT2D eigenvalue weighted by Gasteiger charge is 2.34. The predicted octanol–water partition coefficient (Wildman–Crippen LogP) is 1.10. The first-order chi connectivity index (χ1) is 6.99. The van der Waals surface area contributed by atoms with Crippen molar-refractivity contribution in [3.05, 3.63) is 0 Å². The van der Waals surface area contributed by atoms with Crippen LogP contribution in [0, 0.1) is 5.41 Å². The van der Waals surface area contributed by atoms with Crippen molar-refractivity contribution < 1.29 is 4.74 Å². The van der Waals surface area contributed by atoms with E-state index in [1.54, 1.807) is 0 Å². The lowest BCUT2D eigenvalue weighted by molar-refractivity contribution is -0.0925. The Morgan fingerprint density at radius 3 is 2.73 bits per heavy atom. The molecule has 0 aromatic carbocycles. The average Bonchev–Trinajstić information content (AvgIpc) is 2.49. The molecule has 1 atom stereocenters. The maximum absolute atomic E-state index is 5.74. The summed E-state index contributed by atoms with van der Waals surface area (Å²) in [6, 6.07) is 0. The second-order valence-electron chi connectivity index (χ2n) is 6.06. The summed E-state index contributed by atoms with van der Waals surface area (Å²) in [4.78, 5) is 2.57. The number of morpholine rings is 1. The topological polar surface area (TPSA) is 24.5 Å². The van der Waals surface area contributed by atoms with Crippen molar-refractivity contribution in [1.82, 2.24) is 10.2 Å². The van der Waals surface area contributed by atoms with Crippen LogP contribution in [0.2, 0.25) is 0 Å². The van der Waals surface area contributed by atoms with Gasteiger partial charge in [0.05, 0.1) is 12.2 Å². The lowest BCUT2D eigenvalue weighted by Crippen LogP contribution is -2.51. The fourth-order valence-electron chi connectivity index (χ4n) is 2.79. The van der Waals surface area contributed by atoms with Gasteiger partial charge in [-0.1, -0.05) is 6.92 Å². The largest absolute Gasteiger partial charge is 0.373 e. The van der Waals surface area contributed by atoms with Crippen molar-refractivity contribution in [3.8, 4) is 0 Å². The molecule has 2 aliphatic heterocycles. The maximum atomic E-state index is 5.74. The summed E-state index contributed by atoms with van der Waals surface area (Å²) in [6.07, 6.45) is 1.31. The number of hydrogen-bond donors (Lipinski definition) is 1. The van der Waals surface area contributed by atoms with Gasteiger partial charge in [0.15, 0.2) is 0 Å². The molecule has 0 amide bonds. The van der Waals surface area contributed by atoms with Gasteiger partial charge in [-0.15, -0.1) is 0 Å². The summed E-state index contributed by atoms with van der Waals surface area (Å²) in [7, 11) is 0. The third-order valence-electron chi connectivity index (χ3n) is 3.57. The molecule has 0 saturated carbocycles. The van der Waals surface area contributed by atoms with Crippen molar-refractivity contribution in [1.29, 1.82) is 0 Å². The quantitative estimate of drug-likeness (QED) is 0.742. The molecule has 0 aliphatic carbocycles. The molecule has 0 bridgehead atoms. The number of hydrogen-bond acceptors (Lipinski definition) is 3. The van der Waals surface area contributed by atoms with Gasteiger partial charge in [-0.3, -0.25) is 4.90 Å². The molecule has 2 fully saturated rings. The van der Waals surface area contributed by atoms with Crippen LogP contribution in [0.15, 0.2) is 0 Å². The number of rotatable bonds is 2. The first-order valence-corrected chi connectivity index (χ1v) is 6.06. The van der Waals surface area contributed by atoms with E-state index in [4.69, 9.17) is 4.74 Å². The molecule has 0 aromatic heterocycles. The fourth-order valence-corrected chi connectivity index (χ4v) is 2.79. The second kappa shape index (κ2) is 4.04. The zero-order valence-corrected chi connectivity index (χ0v) is 10.3. The molecule has 0 aromatic rings. The van der Waals surface area contributed by atoms with Crippen molar-refractivity contribution in [2.24, 2.45) is 5.41 Å². The minimum Gasteiger partial charge on any atom is -0.373 e. The molecule has 2 heterocycles. The van der Waals surface area contributed by atoms with Crippen molar-refractivity contribution in [3.63, 3.8) is 0 Å². The SMILES string of the molecule is CC1(CN2CCOC(C)(C)C2)CCNC1. The molecular formula is C12H24N2O. The lowest BCUT2D eigenvalue weighted by Gasteiger charge is -2.41. The first-order valence-electron chi connectivity index (χ1n) is 6.06. The summed E-state index contributed by atoms with van der Waals surface area (Å²) < 4.78 is 5.74. The minimum absolute atomic E-state index is 0.0423. The molecule has 88 valence electrons. The van der Waals surface area contributed by atoms with Gasteiger partial charge >= 0.3 is 0 Å². The Morgan fingerprint density at radius 2 is 2.13 bits per heavy atom. The third kappa shape index (κ3) is 2.92. The van der Waals surface area contributed by atoms with Gasteiger partial charge in [-0.05, 0) is 32.2 Å². The molecule has 3 nitrogen and oxygen atoms in total. The predicted molar refractivity (Wildman–Crippen MR) is 62.1 cm³/mol. The normalized spacial score (nSPS) is 37.0. The number of nitrogens with one attached hydrogen (secondary N) is 1. The Balaban J connectivity index is 1.88. The molecule has 1 unspecified atom stereocenters. The smallest absolute Gasteiger partial charge is 0.0753 e. The number of ether oxygens (including phenoxy) is 1. The molecule has 0 spiro atoms. The fraction of sp³-hybridized carbons (Fsp3) is 1.00. The molecule has 15 heavy (non-hydrogen) atoms. The average molecular weight is 212 g/mol. The van der Waals surface area contributed by atoms with Crippen LogP contribution in [0.25, 0.3) is 0 Å². The van der Waals surface area contributed by atoms with Crippen molar-refractivity contribution >= 4 is 0 Å². The van der Waals surface area contributed by atoms with Gasteiger partial charge in [0.25, 0.3) is 0 Å². The van der Waals surface area contributed by atoms with Gasteiger partial charge in [-0.25, -0.2) is 0 Å². The lowest BCUT2D eigenvalue weighted by atomic mass is 9.88. The standard InChI is InChI=1S/C12H24N2O/c1-11(2)9-14(6-7-15-11)10-12(3)4-5-13-8-12/h13H,4-10H2,1-3H3. The van der Waals surface area contributed by atoms with Gasteiger partial charge in [0, 0.05) is 26.2 Å². The van der Waals surface area contributed by atoms with Crippen LogP contribution in [-0.2, 0) is 4.74 Å².